The quantitative estimate of drug-likeness (QED) is 0.0215. The highest BCUT2D eigenvalue weighted by Gasteiger charge is 2.44. The molecule has 1 saturated heterocycles. The second-order valence-corrected chi connectivity index (χ2v) is 19.6. The molecule has 0 bridgehead atoms. The van der Waals surface area contributed by atoms with Gasteiger partial charge >= 0.3 is 0 Å². The number of unbranched alkanes of at least 4 members (excludes halogenated alkanes) is 29. The normalized spacial score (nSPS) is 20.9. The van der Waals surface area contributed by atoms with E-state index in [9.17, 15) is 40.5 Å². The number of carbonyl (C=O) groups is 1. The van der Waals surface area contributed by atoms with Gasteiger partial charge in [-0.2, -0.15) is 0 Å². The van der Waals surface area contributed by atoms with Crippen LogP contribution in [0.4, 0.5) is 0 Å². The van der Waals surface area contributed by atoms with Gasteiger partial charge in [0.25, 0.3) is 0 Å². The lowest BCUT2D eigenvalue weighted by Gasteiger charge is -2.40. The maximum absolute atomic E-state index is 13.2. The fourth-order valence-electron chi connectivity index (χ4n) is 8.83. The van der Waals surface area contributed by atoms with Gasteiger partial charge < -0.3 is 50.5 Å². The first-order chi connectivity index (χ1) is 32.7. The molecule has 394 valence electrons. The maximum Gasteiger partial charge on any atom is 0.249 e. The van der Waals surface area contributed by atoms with Gasteiger partial charge in [-0.15, -0.1) is 0 Å². The fraction of sp³-hybridized carbons (Fsp3) is 0.875. The van der Waals surface area contributed by atoms with Crippen LogP contribution in [0.3, 0.4) is 0 Å². The summed E-state index contributed by atoms with van der Waals surface area (Å²) in [7, 11) is 0. The Morgan fingerprint density at radius 1 is 0.507 bits per heavy atom. The Kier molecular flexibility index (Phi) is 43.0. The van der Waals surface area contributed by atoms with E-state index in [1.807, 2.05) is 0 Å². The highest BCUT2D eigenvalue weighted by molar-refractivity contribution is 5.80. The van der Waals surface area contributed by atoms with Crippen molar-refractivity contribution in [2.45, 2.75) is 300 Å². The van der Waals surface area contributed by atoms with E-state index in [0.29, 0.717) is 19.3 Å². The topological polar surface area (TPSA) is 189 Å². The molecule has 0 radical (unpaired) electrons. The number of nitrogens with one attached hydrogen (secondary N) is 1. The Morgan fingerprint density at radius 3 is 1.33 bits per heavy atom. The van der Waals surface area contributed by atoms with Gasteiger partial charge in [-0.25, -0.2) is 0 Å². The Morgan fingerprint density at radius 2 is 0.896 bits per heavy atom. The molecule has 1 aliphatic heterocycles. The van der Waals surface area contributed by atoms with Gasteiger partial charge in [0.1, 0.15) is 36.6 Å². The minimum atomic E-state index is -1.67. The van der Waals surface area contributed by atoms with E-state index in [2.05, 4.69) is 55.6 Å². The van der Waals surface area contributed by atoms with Gasteiger partial charge in [0.15, 0.2) is 6.29 Å². The van der Waals surface area contributed by atoms with Crippen LogP contribution in [0.2, 0.25) is 0 Å². The fourth-order valence-corrected chi connectivity index (χ4v) is 8.83. The van der Waals surface area contributed by atoms with E-state index in [-0.39, 0.29) is 12.8 Å². The van der Waals surface area contributed by atoms with E-state index < -0.39 is 74.2 Å². The Bertz CT molecular complexity index is 1180. The molecule has 1 amide bonds. The van der Waals surface area contributed by atoms with Crippen LogP contribution in [0, 0.1) is 0 Å². The predicted molar refractivity (Wildman–Crippen MR) is 275 cm³/mol. The molecule has 67 heavy (non-hydrogen) atoms. The average Bonchev–Trinajstić information content (AvgIpc) is 3.33. The summed E-state index contributed by atoms with van der Waals surface area (Å²) >= 11 is 0. The van der Waals surface area contributed by atoms with Gasteiger partial charge in [-0.3, -0.25) is 4.79 Å². The molecule has 0 aromatic carbocycles. The molecule has 9 unspecified atom stereocenters. The molecule has 0 saturated carbocycles. The molecular weight excluding hydrogens is 847 g/mol. The van der Waals surface area contributed by atoms with Crippen molar-refractivity contribution < 1.29 is 50.0 Å². The molecule has 11 heteroatoms. The summed E-state index contributed by atoms with van der Waals surface area (Å²) in [6, 6.07) is -1.19. The monoisotopic (exact) mass is 952 g/mol. The van der Waals surface area contributed by atoms with Crippen LogP contribution < -0.4 is 5.32 Å². The van der Waals surface area contributed by atoms with Crippen LogP contribution in [0.5, 0.6) is 0 Å². The Balaban J connectivity index is 2.38. The number of rotatable bonds is 47. The van der Waals surface area contributed by atoms with Crippen LogP contribution in [0.1, 0.15) is 245 Å². The van der Waals surface area contributed by atoms with E-state index in [4.69, 9.17) is 9.47 Å². The summed E-state index contributed by atoms with van der Waals surface area (Å²) < 4.78 is 11.1. The lowest BCUT2D eigenvalue weighted by Crippen LogP contribution is -2.60. The zero-order chi connectivity index (χ0) is 49.0. The van der Waals surface area contributed by atoms with E-state index in [1.165, 1.54) is 154 Å². The number of amides is 1. The van der Waals surface area contributed by atoms with Crippen molar-refractivity contribution in [2.24, 2.45) is 0 Å². The summed E-state index contributed by atoms with van der Waals surface area (Å²) in [6.45, 7) is 3.44. The molecule has 1 rings (SSSR count). The number of hydrogen-bond acceptors (Lipinski definition) is 10. The third-order valence-electron chi connectivity index (χ3n) is 13.4. The largest absolute Gasteiger partial charge is 0.394 e. The number of aliphatic hydroxyl groups excluding tert-OH is 7. The van der Waals surface area contributed by atoms with Crippen molar-refractivity contribution in [3.8, 4) is 0 Å². The van der Waals surface area contributed by atoms with Crippen molar-refractivity contribution in [2.75, 3.05) is 13.2 Å². The minimum absolute atomic E-state index is 0.242. The molecule has 1 heterocycles. The number of ether oxygens (including phenoxy) is 2. The number of aliphatic hydroxyl groups is 7. The first-order valence-electron chi connectivity index (χ1n) is 27.9. The standard InChI is InChI=1S/C56H105NO10/c1-3-5-7-9-11-13-15-17-19-21-23-25-27-29-31-33-35-37-39-41-43-48(59)51(61)47(46-66-56-54(64)53(63)52(62)50(45-58)67-56)57-55(65)49(60)44-42-40-38-36-34-32-30-28-26-24-22-20-18-16-14-12-10-8-6-4-2/h19,21,27,29,35,37,47-54,56,58-64H,3-18,20,22-26,28,30-34,36,38-46H2,1-2H3,(H,57,65)/b21-19+,29-27+,37-35+. The third kappa shape index (κ3) is 34.3. The van der Waals surface area contributed by atoms with Crippen molar-refractivity contribution >= 4 is 5.91 Å². The van der Waals surface area contributed by atoms with Crippen LogP contribution in [0.15, 0.2) is 36.5 Å². The molecule has 0 aromatic rings. The van der Waals surface area contributed by atoms with E-state index in [0.717, 1.165) is 44.9 Å². The van der Waals surface area contributed by atoms with Gasteiger partial charge in [0.2, 0.25) is 5.91 Å². The van der Waals surface area contributed by atoms with Crippen molar-refractivity contribution in [1.82, 2.24) is 5.32 Å². The number of carbonyl (C=O) groups excluding carboxylic acids is 1. The highest BCUT2D eigenvalue weighted by atomic mass is 16.7. The second-order valence-electron chi connectivity index (χ2n) is 19.6. The van der Waals surface area contributed by atoms with Crippen LogP contribution in [0.25, 0.3) is 0 Å². The number of allylic oxidation sites excluding steroid dienone is 6. The van der Waals surface area contributed by atoms with Crippen LogP contribution in [-0.4, -0.2) is 110 Å². The molecule has 1 fully saturated rings. The molecule has 0 aliphatic carbocycles. The third-order valence-corrected chi connectivity index (χ3v) is 13.4. The van der Waals surface area contributed by atoms with E-state index in [1.54, 1.807) is 0 Å². The smallest absolute Gasteiger partial charge is 0.249 e. The minimum Gasteiger partial charge on any atom is -0.394 e. The molecule has 11 nitrogen and oxygen atoms in total. The molecular formula is C56H105NO10. The molecule has 8 N–H and O–H groups in total. The summed E-state index contributed by atoms with van der Waals surface area (Å²) in [5.41, 5.74) is 0. The van der Waals surface area contributed by atoms with Gasteiger partial charge in [-0.05, 0) is 64.2 Å². The van der Waals surface area contributed by atoms with Crippen molar-refractivity contribution in [3.05, 3.63) is 36.5 Å². The lowest BCUT2D eigenvalue weighted by atomic mass is 9.98. The molecule has 0 aromatic heterocycles. The summed E-state index contributed by atoms with van der Waals surface area (Å²) in [5.74, 6) is -0.710. The average molecular weight is 952 g/mol. The first kappa shape index (κ1) is 63.3. The SMILES string of the molecule is CCCCCCCCC/C=C/CC/C=C/CC/C=C/CCCC(O)C(O)C(COC1OC(CO)C(O)C(O)C1O)NC(=O)C(O)CCCCCCCCCCCCCCCCCCCCCC. The predicted octanol–water partition coefficient (Wildman–Crippen LogP) is 11.1. The molecule has 1 aliphatic rings. The zero-order valence-corrected chi connectivity index (χ0v) is 42.9. The maximum atomic E-state index is 13.2. The molecule has 9 atom stereocenters. The van der Waals surface area contributed by atoms with Crippen molar-refractivity contribution in [3.63, 3.8) is 0 Å². The first-order valence-corrected chi connectivity index (χ1v) is 27.9. The Labute approximate surface area is 409 Å². The highest BCUT2D eigenvalue weighted by Crippen LogP contribution is 2.23. The van der Waals surface area contributed by atoms with Gasteiger partial charge in [0, 0.05) is 0 Å². The van der Waals surface area contributed by atoms with Crippen LogP contribution in [-0.2, 0) is 14.3 Å². The van der Waals surface area contributed by atoms with Gasteiger partial charge in [0.05, 0.1) is 25.4 Å². The zero-order valence-electron chi connectivity index (χ0n) is 42.9. The van der Waals surface area contributed by atoms with Gasteiger partial charge in [-0.1, -0.05) is 217 Å². The summed E-state index contributed by atoms with van der Waals surface area (Å²) in [6.07, 6.45) is 43.3. The van der Waals surface area contributed by atoms with E-state index >= 15 is 0 Å². The lowest BCUT2D eigenvalue weighted by molar-refractivity contribution is -0.303. The summed E-state index contributed by atoms with van der Waals surface area (Å²) in [4.78, 5) is 13.2. The molecule has 0 spiro atoms. The van der Waals surface area contributed by atoms with Crippen molar-refractivity contribution in [1.29, 1.82) is 0 Å². The number of hydrogen-bond donors (Lipinski definition) is 8. The summed E-state index contributed by atoms with van der Waals surface area (Å²) in [5, 5.41) is 76.0. The van der Waals surface area contributed by atoms with Crippen LogP contribution >= 0.6 is 0 Å². The Hall–Kier alpha value is -1.67. The second kappa shape index (κ2) is 45.5.